The molecular formula is C33H43F3N2O3. The van der Waals surface area contributed by atoms with Crippen LogP contribution in [0.4, 0.5) is 13.2 Å². The van der Waals surface area contributed by atoms with Gasteiger partial charge in [0.15, 0.2) is 11.6 Å². The number of ketones is 2. The van der Waals surface area contributed by atoms with Crippen LogP contribution in [-0.4, -0.2) is 30.2 Å². The molecule has 1 amide bonds. The largest absolute Gasteiger partial charge is 0.405 e. The third kappa shape index (κ3) is 4.03. The van der Waals surface area contributed by atoms with E-state index in [1.165, 1.54) is 0 Å². The van der Waals surface area contributed by atoms with Gasteiger partial charge < -0.3 is 5.32 Å². The summed E-state index contributed by atoms with van der Waals surface area (Å²) in [5.74, 6) is -1.75. The van der Waals surface area contributed by atoms with Crippen LogP contribution in [0.1, 0.15) is 93.4 Å². The van der Waals surface area contributed by atoms with Gasteiger partial charge in [-0.05, 0) is 79.1 Å². The summed E-state index contributed by atoms with van der Waals surface area (Å²) in [5, 5.41) is 12.1. The normalized spacial score (nSPS) is 42.8. The summed E-state index contributed by atoms with van der Waals surface area (Å²) in [6.45, 7) is 13.1. The summed E-state index contributed by atoms with van der Waals surface area (Å²) in [4.78, 5) is 41.3. The third-order valence-electron chi connectivity index (χ3n) is 12.8. The number of carbonyl (C=O) groups excluding carboxylic acids is 3. The van der Waals surface area contributed by atoms with Crippen molar-refractivity contribution in [2.45, 2.75) is 99.6 Å². The number of hydrogen-bond acceptors (Lipinski definition) is 4. The van der Waals surface area contributed by atoms with Gasteiger partial charge in [-0.25, -0.2) is 0 Å². The maximum absolute atomic E-state index is 14.4. The predicted octanol–water partition coefficient (Wildman–Crippen LogP) is 6.88. The van der Waals surface area contributed by atoms with Crippen molar-refractivity contribution >= 4 is 17.5 Å². The molecular weight excluding hydrogens is 529 g/mol. The average Bonchev–Trinajstić information content (AvgIpc) is 2.85. The smallest absolute Gasteiger partial charge is 0.346 e. The fourth-order valence-corrected chi connectivity index (χ4v) is 10.4. The molecule has 0 radical (unpaired) electrons. The maximum Gasteiger partial charge on any atom is 0.405 e. The molecule has 0 spiro atoms. The molecule has 7 atom stereocenters. The first-order valence-electron chi connectivity index (χ1n) is 15.0. The molecule has 0 bridgehead atoms. The molecule has 3 unspecified atom stereocenters. The average molecular weight is 573 g/mol. The summed E-state index contributed by atoms with van der Waals surface area (Å²) >= 11 is 0. The minimum absolute atomic E-state index is 0.0705. The zero-order valence-electron chi connectivity index (χ0n) is 25.3. The fourth-order valence-electron chi connectivity index (χ4n) is 10.4. The molecule has 0 aliphatic heterocycles. The van der Waals surface area contributed by atoms with Crippen molar-refractivity contribution in [2.75, 3.05) is 6.54 Å². The number of hydrogen-bond donors (Lipinski definition) is 1. The second-order valence-electron chi connectivity index (χ2n) is 15.7. The van der Waals surface area contributed by atoms with Crippen LogP contribution in [0.15, 0.2) is 23.3 Å². The molecule has 41 heavy (non-hydrogen) atoms. The van der Waals surface area contributed by atoms with Crippen molar-refractivity contribution in [3.8, 4) is 6.07 Å². The standard InChI is InChI=1S/C33H43F3N2O3/c1-27(2)10-12-32(26(41)38-18-33(34,35)36)13-11-31(7)24(20(32)16-27)21(39)14-23-29(5)15-19(17-37)25(40)28(3,4)22(29)8-9-30(23,31)6/h14-15,20,22,24H,8-13,16,18H2,1-7H3,(H,38,41)/t20?,22?,24?,29-,30+,31+,32-/m0/s1. The number of allylic oxidation sites excluding steroid dienone is 4. The van der Waals surface area contributed by atoms with Crippen molar-refractivity contribution in [1.82, 2.24) is 5.32 Å². The van der Waals surface area contributed by atoms with Gasteiger partial charge in [-0.2, -0.15) is 18.4 Å². The Kier molecular flexibility index (Phi) is 6.45. The SMILES string of the molecule is CC1(C)CC[C@]2(C(=O)NCC(F)(F)F)CC[C@]3(C)C(C(=O)C=C4[C@@]5(C)C=C(C#N)C(=O)C(C)(C)C5CC[C@]43C)C2C1. The van der Waals surface area contributed by atoms with E-state index in [-0.39, 0.29) is 34.4 Å². The molecule has 8 heteroatoms. The Morgan fingerprint density at radius 1 is 1.02 bits per heavy atom. The van der Waals surface area contributed by atoms with Crippen molar-refractivity contribution < 1.29 is 27.6 Å². The molecule has 3 fully saturated rings. The number of nitriles is 1. The zero-order chi connectivity index (χ0) is 30.6. The number of nitrogens with zero attached hydrogens (tertiary/aromatic N) is 1. The third-order valence-corrected chi connectivity index (χ3v) is 12.8. The maximum atomic E-state index is 14.4. The second kappa shape index (κ2) is 8.80. The Morgan fingerprint density at radius 2 is 1.66 bits per heavy atom. The Morgan fingerprint density at radius 3 is 2.27 bits per heavy atom. The van der Waals surface area contributed by atoms with Gasteiger partial charge in [0.1, 0.15) is 12.6 Å². The first-order valence-corrected chi connectivity index (χ1v) is 15.0. The van der Waals surface area contributed by atoms with Crippen LogP contribution in [0.25, 0.3) is 0 Å². The fraction of sp³-hybridized carbons (Fsp3) is 0.758. The van der Waals surface area contributed by atoms with E-state index < -0.39 is 51.6 Å². The van der Waals surface area contributed by atoms with E-state index in [1.54, 1.807) is 12.2 Å². The molecule has 0 aromatic heterocycles. The summed E-state index contributed by atoms with van der Waals surface area (Å²) in [5.41, 5.74) is -2.47. The number of Topliss-reactive ketones (excluding diaryl/α,β-unsaturated/α-hetero) is 1. The predicted molar refractivity (Wildman–Crippen MR) is 148 cm³/mol. The van der Waals surface area contributed by atoms with Crippen LogP contribution in [-0.2, 0) is 14.4 Å². The van der Waals surface area contributed by atoms with E-state index in [1.807, 2.05) is 13.8 Å². The number of fused-ring (bicyclic) bond motifs is 7. The van der Waals surface area contributed by atoms with E-state index >= 15 is 0 Å². The highest BCUT2D eigenvalue weighted by atomic mass is 19.4. The Bertz CT molecular complexity index is 1320. The van der Waals surface area contributed by atoms with Crippen LogP contribution < -0.4 is 5.32 Å². The lowest BCUT2D eigenvalue weighted by Crippen LogP contribution is -2.66. The van der Waals surface area contributed by atoms with Crippen LogP contribution in [0, 0.1) is 61.6 Å². The van der Waals surface area contributed by atoms with Crippen molar-refractivity contribution in [3.05, 3.63) is 23.3 Å². The topological polar surface area (TPSA) is 87.0 Å². The van der Waals surface area contributed by atoms with E-state index in [4.69, 9.17) is 0 Å². The van der Waals surface area contributed by atoms with Gasteiger partial charge >= 0.3 is 6.18 Å². The molecule has 0 heterocycles. The summed E-state index contributed by atoms with van der Waals surface area (Å²) in [6, 6.07) is 2.11. The van der Waals surface area contributed by atoms with Crippen LogP contribution in [0.3, 0.4) is 0 Å². The van der Waals surface area contributed by atoms with E-state index in [9.17, 15) is 32.8 Å². The Labute approximate surface area is 241 Å². The summed E-state index contributed by atoms with van der Waals surface area (Å²) < 4.78 is 39.4. The van der Waals surface area contributed by atoms with Gasteiger partial charge in [-0.15, -0.1) is 0 Å². The number of amides is 1. The Hall–Kier alpha value is -2.43. The monoisotopic (exact) mass is 572 g/mol. The van der Waals surface area contributed by atoms with E-state index in [2.05, 4.69) is 46.0 Å². The molecule has 3 saturated carbocycles. The molecule has 5 aliphatic rings. The van der Waals surface area contributed by atoms with Crippen molar-refractivity contribution in [2.24, 2.45) is 50.2 Å². The number of alkyl halides is 3. The zero-order valence-corrected chi connectivity index (χ0v) is 25.3. The highest BCUT2D eigenvalue weighted by Crippen LogP contribution is 2.74. The second-order valence-corrected chi connectivity index (χ2v) is 15.7. The quantitative estimate of drug-likeness (QED) is 0.391. The van der Waals surface area contributed by atoms with Crippen LogP contribution in [0.5, 0.6) is 0 Å². The number of halogens is 3. The molecule has 5 aliphatic carbocycles. The molecule has 0 aromatic carbocycles. The van der Waals surface area contributed by atoms with Crippen LogP contribution >= 0.6 is 0 Å². The number of carbonyl (C=O) groups is 3. The van der Waals surface area contributed by atoms with Crippen molar-refractivity contribution in [1.29, 1.82) is 5.26 Å². The minimum atomic E-state index is -4.51. The molecule has 5 rings (SSSR count). The van der Waals surface area contributed by atoms with Gasteiger partial charge in [0, 0.05) is 16.7 Å². The first kappa shape index (κ1) is 30.0. The van der Waals surface area contributed by atoms with Gasteiger partial charge in [-0.1, -0.05) is 60.1 Å². The number of nitrogens with one attached hydrogen (secondary N) is 1. The lowest BCUT2D eigenvalue weighted by Gasteiger charge is -2.69. The van der Waals surface area contributed by atoms with E-state index in [0.717, 1.165) is 18.4 Å². The van der Waals surface area contributed by atoms with Gasteiger partial charge in [0.05, 0.1) is 11.0 Å². The van der Waals surface area contributed by atoms with Crippen molar-refractivity contribution in [3.63, 3.8) is 0 Å². The van der Waals surface area contributed by atoms with Crippen LogP contribution in [0.2, 0.25) is 0 Å². The molecule has 224 valence electrons. The Balaban J connectivity index is 1.65. The van der Waals surface area contributed by atoms with Gasteiger partial charge in [0.25, 0.3) is 0 Å². The highest BCUT2D eigenvalue weighted by Gasteiger charge is 2.70. The molecule has 5 nitrogen and oxygen atoms in total. The number of rotatable bonds is 2. The lowest BCUT2D eigenvalue weighted by molar-refractivity contribution is -0.181. The molecule has 1 N–H and O–H groups in total. The lowest BCUT2D eigenvalue weighted by atomic mass is 9.34. The van der Waals surface area contributed by atoms with Gasteiger partial charge in [-0.3, -0.25) is 14.4 Å². The minimum Gasteiger partial charge on any atom is -0.346 e. The summed E-state index contributed by atoms with van der Waals surface area (Å²) in [6.07, 6.45) is 3.30. The summed E-state index contributed by atoms with van der Waals surface area (Å²) in [7, 11) is 0. The molecule has 0 saturated heterocycles. The molecule has 0 aromatic rings. The highest BCUT2D eigenvalue weighted by molar-refractivity contribution is 6.04. The van der Waals surface area contributed by atoms with E-state index in [0.29, 0.717) is 32.1 Å². The first-order chi connectivity index (χ1) is 18.7. The van der Waals surface area contributed by atoms with Gasteiger partial charge in [0.2, 0.25) is 5.91 Å².